The second kappa shape index (κ2) is 2.27. The maximum Gasteiger partial charge on any atom is 0.214 e. The Morgan fingerprint density at radius 2 is 2.00 bits per heavy atom. The lowest BCUT2D eigenvalue weighted by molar-refractivity contribution is 0.472. The van der Waals surface area contributed by atoms with E-state index in [1.165, 1.54) is 7.05 Å². The fraction of sp³-hybridized carbons (Fsp3) is 1.00. The molecule has 0 heterocycles. The Hall–Kier alpha value is -0.0900. The minimum absolute atomic E-state index is 0.0949. The topological polar surface area (TPSA) is 46.2 Å². The van der Waals surface area contributed by atoms with Crippen LogP contribution in [0.4, 0.5) is 0 Å². The first-order chi connectivity index (χ1) is 4.17. The first-order valence-corrected chi connectivity index (χ1v) is 4.64. The van der Waals surface area contributed by atoms with Crippen LogP contribution < -0.4 is 4.72 Å². The Labute approximate surface area is 55.5 Å². The van der Waals surface area contributed by atoms with Gasteiger partial charge in [-0.1, -0.05) is 6.42 Å². The average Bonchev–Trinajstić information content (AvgIpc) is 1.60. The molecule has 1 aliphatic carbocycles. The number of nitrogens with one attached hydrogen (secondary N) is 1. The molecule has 9 heavy (non-hydrogen) atoms. The average molecular weight is 149 g/mol. The van der Waals surface area contributed by atoms with Gasteiger partial charge in [-0.05, 0) is 19.9 Å². The lowest BCUT2D eigenvalue weighted by atomic mass is 10.0. The van der Waals surface area contributed by atoms with Gasteiger partial charge in [0.25, 0.3) is 0 Å². The summed E-state index contributed by atoms with van der Waals surface area (Å²) in [5, 5.41) is -0.0949. The molecular formula is C5H11NO2S. The fourth-order valence-corrected chi connectivity index (χ4v) is 2.14. The van der Waals surface area contributed by atoms with Crippen LogP contribution in [-0.4, -0.2) is 20.7 Å². The number of sulfonamides is 1. The monoisotopic (exact) mass is 149 g/mol. The van der Waals surface area contributed by atoms with E-state index in [9.17, 15) is 8.42 Å². The van der Waals surface area contributed by atoms with Crippen LogP contribution >= 0.6 is 0 Å². The minimum Gasteiger partial charge on any atom is -0.218 e. The normalized spacial score (nSPS) is 21.4. The molecular weight excluding hydrogens is 138 g/mol. The molecule has 0 bridgehead atoms. The van der Waals surface area contributed by atoms with Gasteiger partial charge in [0.15, 0.2) is 0 Å². The number of rotatable bonds is 2. The van der Waals surface area contributed by atoms with Gasteiger partial charge in [-0.25, -0.2) is 13.1 Å². The third-order valence-electron chi connectivity index (χ3n) is 1.78. The molecule has 0 spiro atoms. The molecule has 54 valence electrons. The zero-order valence-corrected chi connectivity index (χ0v) is 6.24. The van der Waals surface area contributed by atoms with E-state index in [1.54, 1.807) is 0 Å². The number of hydrogen-bond donors (Lipinski definition) is 1. The predicted molar refractivity (Wildman–Crippen MR) is 35.6 cm³/mol. The van der Waals surface area contributed by atoms with Crippen molar-refractivity contribution in [3.05, 3.63) is 0 Å². The molecule has 1 rings (SSSR count). The second-order valence-electron chi connectivity index (χ2n) is 2.30. The molecule has 0 amide bonds. The van der Waals surface area contributed by atoms with Gasteiger partial charge in [0.2, 0.25) is 10.0 Å². The van der Waals surface area contributed by atoms with Gasteiger partial charge in [0, 0.05) is 0 Å². The van der Waals surface area contributed by atoms with Crippen molar-refractivity contribution in [2.45, 2.75) is 24.5 Å². The van der Waals surface area contributed by atoms with Gasteiger partial charge in [0.05, 0.1) is 5.25 Å². The molecule has 3 nitrogen and oxygen atoms in total. The van der Waals surface area contributed by atoms with Crippen LogP contribution in [0.25, 0.3) is 0 Å². The first kappa shape index (κ1) is 7.02. The molecule has 1 N–H and O–H groups in total. The summed E-state index contributed by atoms with van der Waals surface area (Å²) < 4.78 is 24.1. The molecule has 0 saturated heterocycles. The second-order valence-corrected chi connectivity index (χ2v) is 4.47. The molecule has 4 heteroatoms. The van der Waals surface area contributed by atoms with E-state index in [2.05, 4.69) is 4.72 Å². The summed E-state index contributed by atoms with van der Waals surface area (Å²) in [6, 6.07) is 0. The highest BCUT2D eigenvalue weighted by molar-refractivity contribution is 7.90. The van der Waals surface area contributed by atoms with E-state index in [4.69, 9.17) is 0 Å². The van der Waals surface area contributed by atoms with E-state index in [0.717, 1.165) is 19.3 Å². The largest absolute Gasteiger partial charge is 0.218 e. The fourth-order valence-electron chi connectivity index (χ4n) is 0.848. The molecule has 0 radical (unpaired) electrons. The predicted octanol–water partition coefficient (Wildman–Crippen LogP) is 0.0881. The lowest BCUT2D eigenvalue weighted by Gasteiger charge is -2.24. The van der Waals surface area contributed by atoms with Gasteiger partial charge in [-0.2, -0.15) is 0 Å². The van der Waals surface area contributed by atoms with Crippen molar-refractivity contribution in [3.8, 4) is 0 Å². The SMILES string of the molecule is CNS(=O)(=O)C1CCC1. The van der Waals surface area contributed by atoms with Crippen molar-refractivity contribution in [2.24, 2.45) is 0 Å². The Kier molecular flexibility index (Phi) is 1.77. The van der Waals surface area contributed by atoms with Crippen molar-refractivity contribution < 1.29 is 8.42 Å². The molecule has 0 unspecified atom stereocenters. The summed E-state index contributed by atoms with van der Waals surface area (Å²) >= 11 is 0. The van der Waals surface area contributed by atoms with Gasteiger partial charge in [-0.15, -0.1) is 0 Å². The molecule has 1 saturated carbocycles. The van der Waals surface area contributed by atoms with Gasteiger partial charge < -0.3 is 0 Å². The summed E-state index contributed by atoms with van der Waals surface area (Å²) in [6.07, 6.45) is 2.73. The third kappa shape index (κ3) is 1.24. The van der Waals surface area contributed by atoms with E-state index in [1.807, 2.05) is 0 Å². The Morgan fingerprint density at radius 1 is 1.44 bits per heavy atom. The van der Waals surface area contributed by atoms with E-state index in [-0.39, 0.29) is 5.25 Å². The summed E-state index contributed by atoms with van der Waals surface area (Å²) in [5.41, 5.74) is 0. The zero-order chi connectivity index (χ0) is 6.91. The molecule has 0 aromatic carbocycles. The van der Waals surface area contributed by atoms with Gasteiger partial charge >= 0.3 is 0 Å². The van der Waals surface area contributed by atoms with Crippen LogP contribution in [0.1, 0.15) is 19.3 Å². The molecule has 1 fully saturated rings. The molecule has 0 aromatic rings. The molecule has 0 aromatic heterocycles. The van der Waals surface area contributed by atoms with Crippen molar-refractivity contribution in [1.29, 1.82) is 0 Å². The maximum atomic E-state index is 10.9. The molecule has 0 aliphatic heterocycles. The van der Waals surface area contributed by atoms with Crippen LogP contribution in [0.15, 0.2) is 0 Å². The van der Waals surface area contributed by atoms with Crippen molar-refractivity contribution >= 4 is 10.0 Å². The van der Waals surface area contributed by atoms with E-state index in [0.29, 0.717) is 0 Å². The first-order valence-electron chi connectivity index (χ1n) is 3.09. The minimum atomic E-state index is -2.91. The molecule has 1 aliphatic rings. The quantitative estimate of drug-likeness (QED) is 0.604. The van der Waals surface area contributed by atoms with E-state index < -0.39 is 10.0 Å². The Morgan fingerprint density at radius 3 is 2.11 bits per heavy atom. The smallest absolute Gasteiger partial charge is 0.214 e. The van der Waals surface area contributed by atoms with Crippen LogP contribution in [0.3, 0.4) is 0 Å². The van der Waals surface area contributed by atoms with Crippen LogP contribution in [0.5, 0.6) is 0 Å². The van der Waals surface area contributed by atoms with Gasteiger partial charge in [0.1, 0.15) is 0 Å². The number of hydrogen-bond acceptors (Lipinski definition) is 2. The summed E-state index contributed by atoms with van der Waals surface area (Å²) in [4.78, 5) is 0. The van der Waals surface area contributed by atoms with Crippen molar-refractivity contribution in [2.75, 3.05) is 7.05 Å². The highest BCUT2D eigenvalue weighted by Crippen LogP contribution is 2.24. The lowest BCUT2D eigenvalue weighted by Crippen LogP contribution is -2.36. The van der Waals surface area contributed by atoms with Crippen LogP contribution in [0.2, 0.25) is 0 Å². The Bertz CT molecular complexity index is 181. The van der Waals surface area contributed by atoms with E-state index >= 15 is 0 Å². The van der Waals surface area contributed by atoms with Crippen LogP contribution in [-0.2, 0) is 10.0 Å². The van der Waals surface area contributed by atoms with Crippen LogP contribution in [0, 0.1) is 0 Å². The summed E-state index contributed by atoms with van der Waals surface area (Å²) in [6.45, 7) is 0. The standard InChI is InChI=1S/C5H11NO2S/c1-6-9(7,8)5-3-2-4-5/h5-6H,2-4H2,1H3. The zero-order valence-electron chi connectivity index (χ0n) is 5.42. The highest BCUT2D eigenvalue weighted by Gasteiger charge is 2.29. The van der Waals surface area contributed by atoms with Crippen molar-refractivity contribution in [1.82, 2.24) is 4.72 Å². The van der Waals surface area contributed by atoms with Crippen molar-refractivity contribution in [3.63, 3.8) is 0 Å². The highest BCUT2D eigenvalue weighted by atomic mass is 32.2. The van der Waals surface area contributed by atoms with Gasteiger partial charge in [-0.3, -0.25) is 0 Å². The summed E-state index contributed by atoms with van der Waals surface area (Å²) in [5.74, 6) is 0. The molecule has 0 atom stereocenters. The third-order valence-corrected chi connectivity index (χ3v) is 3.69. The Balaban J connectivity index is 2.59. The summed E-state index contributed by atoms with van der Waals surface area (Å²) in [7, 11) is -1.45. The maximum absolute atomic E-state index is 10.9.